The normalized spacial score (nSPS) is 10.1. The molecule has 0 aromatic heterocycles. The molecule has 0 unspecified atom stereocenters. The number of benzene rings is 2. The van der Waals surface area contributed by atoms with E-state index in [-0.39, 0.29) is 18.0 Å². The molecule has 0 spiro atoms. The van der Waals surface area contributed by atoms with Crippen molar-refractivity contribution in [3.8, 4) is 0 Å². The van der Waals surface area contributed by atoms with Crippen LogP contribution < -0.4 is 5.32 Å². The van der Waals surface area contributed by atoms with Gasteiger partial charge in [0.05, 0.1) is 11.3 Å². The third kappa shape index (κ3) is 4.29. The van der Waals surface area contributed by atoms with Crippen LogP contribution in [0.25, 0.3) is 0 Å². The summed E-state index contributed by atoms with van der Waals surface area (Å²) in [5.74, 6) is -0.274. The quantitative estimate of drug-likeness (QED) is 0.681. The molecule has 0 aliphatic rings. The zero-order chi connectivity index (χ0) is 15.2. The number of nitro benzene ring substituents is 1. The molecule has 2 aromatic carbocycles. The first kappa shape index (κ1) is 15.0. The SMILES string of the molecule is O=C(Cc1ccccc1[N+](=O)[O-])NCc1cccc(Cl)c1. The second kappa shape index (κ2) is 6.85. The van der Waals surface area contributed by atoms with Gasteiger partial charge in [-0.25, -0.2) is 0 Å². The third-order valence-corrected chi connectivity index (χ3v) is 3.15. The highest BCUT2D eigenvalue weighted by molar-refractivity contribution is 6.30. The van der Waals surface area contributed by atoms with Crippen LogP contribution in [0.4, 0.5) is 5.69 Å². The number of rotatable bonds is 5. The minimum Gasteiger partial charge on any atom is -0.352 e. The highest BCUT2D eigenvalue weighted by Crippen LogP contribution is 2.18. The Hall–Kier alpha value is -2.40. The van der Waals surface area contributed by atoms with Crippen LogP contribution >= 0.6 is 11.6 Å². The Bertz CT molecular complexity index is 673. The average molecular weight is 305 g/mol. The van der Waals surface area contributed by atoms with Crippen molar-refractivity contribution in [2.45, 2.75) is 13.0 Å². The fourth-order valence-corrected chi connectivity index (χ4v) is 2.13. The second-order valence-electron chi connectivity index (χ2n) is 4.47. The second-order valence-corrected chi connectivity index (χ2v) is 4.91. The fraction of sp³-hybridized carbons (Fsp3) is 0.133. The molecular weight excluding hydrogens is 292 g/mol. The van der Waals surface area contributed by atoms with Crippen LogP contribution in [0.2, 0.25) is 5.02 Å². The lowest BCUT2D eigenvalue weighted by Gasteiger charge is -2.06. The summed E-state index contributed by atoms with van der Waals surface area (Å²) in [7, 11) is 0. The molecule has 108 valence electrons. The van der Waals surface area contributed by atoms with Gasteiger partial charge >= 0.3 is 0 Å². The molecule has 0 aliphatic carbocycles. The lowest BCUT2D eigenvalue weighted by atomic mass is 10.1. The molecule has 2 rings (SSSR count). The standard InChI is InChI=1S/C15H13ClN2O3/c16-13-6-3-4-11(8-13)10-17-15(19)9-12-5-1-2-7-14(12)18(20)21/h1-8H,9-10H2,(H,17,19). The van der Waals surface area contributed by atoms with Gasteiger partial charge in [-0.1, -0.05) is 41.9 Å². The Morgan fingerprint density at radius 2 is 1.95 bits per heavy atom. The van der Waals surface area contributed by atoms with Crippen molar-refractivity contribution in [3.05, 3.63) is 74.8 Å². The minimum atomic E-state index is -0.487. The van der Waals surface area contributed by atoms with Crippen molar-refractivity contribution in [1.29, 1.82) is 0 Å². The molecule has 1 N–H and O–H groups in total. The minimum absolute atomic E-state index is 0.0300. The van der Waals surface area contributed by atoms with E-state index in [1.54, 1.807) is 36.4 Å². The number of halogens is 1. The van der Waals surface area contributed by atoms with Crippen LogP contribution in [0.3, 0.4) is 0 Å². The number of carbonyl (C=O) groups is 1. The Labute approximate surface area is 126 Å². The first-order valence-electron chi connectivity index (χ1n) is 6.29. The van der Waals surface area contributed by atoms with Crippen LogP contribution in [0.1, 0.15) is 11.1 Å². The van der Waals surface area contributed by atoms with Crippen LogP contribution in [0.15, 0.2) is 48.5 Å². The molecule has 0 bridgehead atoms. The fourth-order valence-electron chi connectivity index (χ4n) is 1.92. The molecule has 0 atom stereocenters. The van der Waals surface area contributed by atoms with Gasteiger partial charge in [-0.2, -0.15) is 0 Å². The Kier molecular flexibility index (Phi) is 4.90. The highest BCUT2D eigenvalue weighted by atomic mass is 35.5. The first-order chi connectivity index (χ1) is 10.1. The van der Waals surface area contributed by atoms with Crippen molar-refractivity contribution in [2.75, 3.05) is 0 Å². The Morgan fingerprint density at radius 3 is 2.67 bits per heavy atom. The van der Waals surface area contributed by atoms with Crippen LogP contribution in [0.5, 0.6) is 0 Å². The van der Waals surface area contributed by atoms with Gasteiger partial charge in [0.1, 0.15) is 0 Å². The molecule has 0 heterocycles. The highest BCUT2D eigenvalue weighted by Gasteiger charge is 2.15. The first-order valence-corrected chi connectivity index (χ1v) is 6.67. The number of hydrogen-bond donors (Lipinski definition) is 1. The smallest absolute Gasteiger partial charge is 0.273 e. The van der Waals surface area contributed by atoms with Gasteiger partial charge < -0.3 is 5.32 Å². The van der Waals surface area contributed by atoms with E-state index in [2.05, 4.69) is 5.32 Å². The van der Waals surface area contributed by atoms with Crippen molar-refractivity contribution in [3.63, 3.8) is 0 Å². The van der Waals surface area contributed by atoms with E-state index in [0.29, 0.717) is 17.1 Å². The van der Waals surface area contributed by atoms with Crippen LogP contribution in [-0.2, 0) is 17.8 Å². The zero-order valence-corrected chi connectivity index (χ0v) is 11.8. The molecule has 0 fully saturated rings. The van der Waals surface area contributed by atoms with Gasteiger partial charge in [0.25, 0.3) is 5.69 Å². The maximum absolute atomic E-state index is 11.9. The molecule has 2 aromatic rings. The van der Waals surface area contributed by atoms with E-state index >= 15 is 0 Å². The summed E-state index contributed by atoms with van der Waals surface area (Å²) in [5.41, 5.74) is 1.22. The van der Waals surface area contributed by atoms with E-state index in [1.807, 2.05) is 6.07 Å². The number of nitrogens with one attached hydrogen (secondary N) is 1. The van der Waals surface area contributed by atoms with E-state index in [0.717, 1.165) is 5.56 Å². The summed E-state index contributed by atoms with van der Waals surface area (Å²) in [6.45, 7) is 0.333. The largest absolute Gasteiger partial charge is 0.352 e. The van der Waals surface area contributed by atoms with Crippen LogP contribution in [-0.4, -0.2) is 10.8 Å². The Balaban J connectivity index is 1.98. The molecule has 0 saturated carbocycles. The molecule has 0 radical (unpaired) electrons. The summed E-state index contributed by atoms with van der Waals surface area (Å²) >= 11 is 5.86. The van der Waals surface area contributed by atoms with Gasteiger partial charge in [-0.15, -0.1) is 0 Å². The van der Waals surface area contributed by atoms with Crippen molar-refractivity contribution in [2.24, 2.45) is 0 Å². The summed E-state index contributed by atoms with van der Waals surface area (Å²) in [6.07, 6.45) is -0.0300. The van der Waals surface area contributed by atoms with Crippen molar-refractivity contribution in [1.82, 2.24) is 5.32 Å². The summed E-state index contributed by atoms with van der Waals surface area (Å²) in [5, 5.41) is 14.2. The summed E-state index contributed by atoms with van der Waals surface area (Å²) < 4.78 is 0. The third-order valence-electron chi connectivity index (χ3n) is 2.92. The van der Waals surface area contributed by atoms with E-state index in [1.165, 1.54) is 6.07 Å². The lowest BCUT2D eigenvalue weighted by molar-refractivity contribution is -0.385. The monoisotopic (exact) mass is 304 g/mol. The predicted octanol–water partition coefficient (Wildman–Crippen LogP) is 3.11. The van der Waals surface area contributed by atoms with Crippen molar-refractivity contribution >= 4 is 23.2 Å². The van der Waals surface area contributed by atoms with Gasteiger partial charge in [0.2, 0.25) is 5.91 Å². The summed E-state index contributed by atoms with van der Waals surface area (Å²) in [6, 6.07) is 13.4. The molecule has 6 heteroatoms. The van der Waals surface area contributed by atoms with Gasteiger partial charge in [0, 0.05) is 23.2 Å². The number of nitrogens with zero attached hydrogens (tertiary/aromatic N) is 1. The maximum atomic E-state index is 11.9. The molecular formula is C15H13ClN2O3. The predicted molar refractivity (Wildman–Crippen MR) is 80.1 cm³/mol. The van der Waals surface area contributed by atoms with Gasteiger partial charge in [-0.3, -0.25) is 14.9 Å². The van der Waals surface area contributed by atoms with E-state index < -0.39 is 4.92 Å². The zero-order valence-electron chi connectivity index (χ0n) is 11.1. The average Bonchev–Trinajstić information content (AvgIpc) is 2.45. The van der Waals surface area contributed by atoms with Crippen molar-refractivity contribution < 1.29 is 9.72 Å². The van der Waals surface area contributed by atoms with Gasteiger partial charge in [0.15, 0.2) is 0 Å². The van der Waals surface area contributed by atoms with E-state index in [4.69, 9.17) is 11.6 Å². The van der Waals surface area contributed by atoms with E-state index in [9.17, 15) is 14.9 Å². The number of hydrogen-bond acceptors (Lipinski definition) is 3. The number of nitro groups is 1. The molecule has 0 aliphatic heterocycles. The maximum Gasteiger partial charge on any atom is 0.273 e. The van der Waals surface area contributed by atoms with Crippen LogP contribution in [0, 0.1) is 10.1 Å². The topological polar surface area (TPSA) is 72.2 Å². The van der Waals surface area contributed by atoms with Gasteiger partial charge in [-0.05, 0) is 17.7 Å². The molecule has 21 heavy (non-hydrogen) atoms. The summed E-state index contributed by atoms with van der Waals surface area (Å²) in [4.78, 5) is 22.3. The molecule has 0 saturated heterocycles. The lowest BCUT2D eigenvalue weighted by Crippen LogP contribution is -2.24. The molecule has 5 nitrogen and oxygen atoms in total. The number of para-hydroxylation sites is 1. The Morgan fingerprint density at radius 1 is 1.19 bits per heavy atom. The molecule has 1 amide bonds. The number of carbonyl (C=O) groups excluding carboxylic acids is 1. The number of amides is 1.